The summed E-state index contributed by atoms with van der Waals surface area (Å²) in [4.78, 5) is 0. The van der Waals surface area contributed by atoms with Crippen LogP contribution < -0.4 is 5.73 Å². The first-order valence-corrected chi connectivity index (χ1v) is 4.67. The Hall–Kier alpha value is -0.835. The van der Waals surface area contributed by atoms with Crippen LogP contribution in [-0.4, -0.2) is 23.1 Å². The third-order valence-electron chi connectivity index (χ3n) is 1.98. The number of hydrogen-bond donors (Lipinski definition) is 3. The van der Waals surface area contributed by atoms with Crippen molar-refractivity contribution in [3.05, 3.63) is 37.0 Å². The van der Waals surface area contributed by atoms with Crippen LogP contribution in [-0.2, 0) is 0 Å². The van der Waals surface area contributed by atoms with E-state index in [0.29, 0.717) is 6.42 Å². The fraction of sp³-hybridized carbons (Fsp3) is 0.400. The van der Waals surface area contributed by atoms with Gasteiger partial charge >= 0.3 is 7.12 Å². The second kappa shape index (κ2) is 7.56. The van der Waals surface area contributed by atoms with Gasteiger partial charge in [-0.2, -0.15) is 0 Å². The van der Waals surface area contributed by atoms with Crippen molar-refractivity contribution in [1.29, 1.82) is 0 Å². The molecule has 4 heteroatoms. The quantitative estimate of drug-likeness (QED) is 0.415. The molecule has 0 fully saturated rings. The van der Waals surface area contributed by atoms with Gasteiger partial charge in [-0.15, -0.1) is 0 Å². The fourth-order valence-corrected chi connectivity index (χ4v) is 1.10. The lowest BCUT2D eigenvalue weighted by Gasteiger charge is -2.09. The van der Waals surface area contributed by atoms with Crippen molar-refractivity contribution in [2.75, 3.05) is 0 Å². The zero-order valence-corrected chi connectivity index (χ0v) is 8.39. The number of allylic oxidation sites excluding steroid dienone is 4. The van der Waals surface area contributed by atoms with Crippen molar-refractivity contribution < 1.29 is 10.0 Å². The van der Waals surface area contributed by atoms with E-state index in [1.807, 2.05) is 6.08 Å². The molecular formula is C10H18BNO2. The van der Waals surface area contributed by atoms with Crippen molar-refractivity contribution >= 4 is 7.12 Å². The molecule has 0 bridgehead atoms. The van der Waals surface area contributed by atoms with Gasteiger partial charge in [-0.1, -0.05) is 31.4 Å². The predicted molar refractivity (Wildman–Crippen MR) is 60.5 cm³/mol. The van der Waals surface area contributed by atoms with Gasteiger partial charge in [0.1, 0.15) is 0 Å². The van der Waals surface area contributed by atoms with E-state index >= 15 is 0 Å². The van der Waals surface area contributed by atoms with Crippen LogP contribution in [0.25, 0.3) is 0 Å². The Balaban J connectivity index is 3.77. The van der Waals surface area contributed by atoms with Crippen LogP contribution in [0.3, 0.4) is 0 Å². The molecule has 0 aromatic heterocycles. The maximum atomic E-state index is 8.73. The minimum atomic E-state index is -1.43. The lowest BCUT2D eigenvalue weighted by molar-refractivity contribution is 0.380. The molecule has 0 aromatic carbocycles. The van der Waals surface area contributed by atoms with Gasteiger partial charge in [0.15, 0.2) is 0 Å². The first kappa shape index (κ1) is 13.2. The summed E-state index contributed by atoms with van der Waals surface area (Å²) in [6.07, 6.45) is 7.58. The highest BCUT2D eigenvalue weighted by molar-refractivity contribution is 6.43. The number of hydrogen-bond acceptors (Lipinski definition) is 3. The predicted octanol–water partition coefficient (Wildman–Crippen LogP) is 0.794. The Kier molecular flexibility index (Phi) is 7.11. The second-order valence-electron chi connectivity index (χ2n) is 3.15. The number of nitrogens with two attached hydrogens (primary N) is 1. The van der Waals surface area contributed by atoms with E-state index in [0.717, 1.165) is 18.4 Å². The average molecular weight is 195 g/mol. The summed E-state index contributed by atoms with van der Waals surface area (Å²) in [7, 11) is -1.43. The average Bonchev–Trinajstić information content (AvgIpc) is 2.16. The summed E-state index contributed by atoms with van der Waals surface area (Å²) in [6, 6.07) is 0. The molecule has 0 rings (SSSR count). The van der Waals surface area contributed by atoms with Crippen LogP contribution in [0.4, 0.5) is 0 Å². The molecule has 4 N–H and O–H groups in total. The molecule has 0 aliphatic rings. The van der Waals surface area contributed by atoms with Gasteiger partial charge in [0.2, 0.25) is 0 Å². The largest absolute Gasteiger partial charge is 0.469 e. The van der Waals surface area contributed by atoms with Gasteiger partial charge in [0.05, 0.1) is 0 Å². The summed E-state index contributed by atoms with van der Waals surface area (Å²) in [5.74, 6) is -0.565. The Bertz CT molecular complexity index is 214. The zero-order chi connectivity index (χ0) is 11.0. The Morgan fingerprint density at radius 3 is 2.50 bits per heavy atom. The lowest BCUT2D eigenvalue weighted by Crippen LogP contribution is -2.38. The van der Waals surface area contributed by atoms with E-state index < -0.39 is 13.1 Å². The minimum Gasteiger partial charge on any atom is -0.426 e. The van der Waals surface area contributed by atoms with E-state index in [2.05, 4.69) is 13.2 Å². The highest BCUT2D eigenvalue weighted by atomic mass is 16.4. The molecule has 0 saturated carbocycles. The zero-order valence-electron chi connectivity index (χ0n) is 8.39. The SMILES string of the molecule is C=C/C=C(\C=C)CCCC(N)B(O)O. The molecule has 0 heterocycles. The molecule has 78 valence electrons. The normalized spacial score (nSPS) is 13.5. The van der Waals surface area contributed by atoms with Gasteiger partial charge in [-0.05, 0) is 24.8 Å². The van der Waals surface area contributed by atoms with E-state index in [1.54, 1.807) is 12.2 Å². The molecular weight excluding hydrogens is 177 g/mol. The molecule has 0 spiro atoms. The third kappa shape index (κ3) is 5.75. The van der Waals surface area contributed by atoms with Crippen LogP contribution in [0.5, 0.6) is 0 Å². The van der Waals surface area contributed by atoms with E-state index in [9.17, 15) is 0 Å². The summed E-state index contributed by atoms with van der Waals surface area (Å²) in [5.41, 5.74) is 6.54. The Labute approximate surface area is 85.8 Å². The van der Waals surface area contributed by atoms with Crippen LogP contribution in [0, 0.1) is 0 Å². The standard InChI is InChI=1S/C10H18BNO2/c1-3-6-9(4-2)7-5-8-10(12)11(13)14/h3-4,6,10,13-14H,1-2,5,7-8,12H2/b9-6+. The van der Waals surface area contributed by atoms with E-state index in [1.165, 1.54) is 0 Å². The van der Waals surface area contributed by atoms with Crippen LogP contribution >= 0.6 is 0 Å². The molecule has 0 aromatic rings. The highest BCUT2D eigenvalue weighted by Crippen LogP contribution is 2.09. The molecule has 0 amide bonds. The van der Waals surface area contributed by atoms with Crippen LogP contribution in [0.15, 0.2) is 37.0 Å². The number of rotatable bonds is 7. The monoisotopic (exact) mass is 195 g/mol. The van der Waals surface area contributed by atoms with Gasteiger partial charge in [0, 0.05) is 5.94 Å². The van der Waals surface area contributed by atoms with Gasteiger partial charge < -0.3 is 15.8 Å². The second-order valence-corrected chi connectivity index (χ2v) is 3.15. The van der Waals surface area contributed by atoms with Crippen LogP contribution in [0.1, 0.15) is 19.3 Å². The van der Waals surface area contributed by atoms with Crippen molar-refractivity contribution in [2.24, 2.45) is 5.73 Å². The van der Waals surface area contributed by atoms with Gasteiger partial charge in [0.25, 0.3) is 0 Å². The molecule has 0 aliphatic carbocycles. The van der Waals surface area contributed by atoms with Crippen molar-refractivity contribution in [2.45, 2.75) is 25.2 Å². The van der Waals surface area contributed by atoms with Gasteiger partial charge in [-0.25, -0.2) is 0 Å². The van der Waals surface area contributed by atoms with Crippen molar-refractivity contribution in [1.82, 2.24) is 0 Å². The first-order chi connectivity index (χ1) is 6.61. The molecule has 1 atom stereocenters. The molecule has 1 unspecified atom stereocenters. The molecule has 0 saturated heterocycles. The molecule has 3 nitrogen and oxygen atoms in total. The smallest absolute Gasteiger partial charge is 0.426 e. The van der Waals surface area contributed by atoms with Crippen LogP contribution in [0.2, 0.25) is 0 Å². The Morgan fingerprint density at radius 1 is 1.43 bits per heavy atom. The molecule has 14 heavy (non-hydrogen) atoms. The third-order valence-corrected chi connectivity index (χ3v) is 1.98. The maximum absolute atomic E-state index is 8.73. The summed E-state index contributed by atoms with van der Waals surface area (Å²) in [6.45, 7) is 7.26. The van der Waals surface area contributed by atoms with Crippen molar-refractivity contribution in [3.8, 4) is 0 Å². The molecule has 0 aliphatic heterocycles. The maximum Gasteiger partial charge on any atom is 0.469 e. The summed E-state index contributed by atoms with van der Waals surface area (Å²) >= 11 is 0. The minimum absolute atomic E-state index is 0.565. The summed E-state index contributed by atoms with van der Waals surface area (Å²) < 4.78 is 0. The Morgan fingerprint density at radius 2 is 2.07 bits per heavy atom. The van der Waals surface area contributed by atoms with E-state index in [-0.39, 0.29) is 0 Å². The fourth-order valence-electron chi connectivity index (χ4n) is 1.10. The summed E-state index contributed by atoms with van der Waals surface area (Å²) in [5, 5.41) is 17.5. The first-order valence-electron chi connectivity index (χ1n) is 4.67. The van der Waals surface area contributed by atoms with Crippen molar-refractivity contribution in [3.63, 3.8) is 0 Å². The highest BCUT2D eigenvalue weighted by Gasteiger charge is 2.17. The molecule has 0 radical (unpaired) electrons. The van der Waals surface area contributed by atoms with E-state index in [4.69, 9.17) is 15.8 Å². The topological polar surface area (TPSA) is 66.5 Å². The van der Waals surface area contributed by atoms with Gasteiger partial charge in [-0.3, -0.25) is 0 Å². The lowest BCUT2D eigenvalue weighted by atomic mass is 9.77.